The van der Waals surface area contributed by atoms with Crippen molar-refractivity contribution >= 4 is 47.0 Å². The molecular formula is C16H16IN5O2S. The van der Waals surface area contributed by atoms with Crippen LogP contribution in [0.25, 0.3) is 11.0 Å². The number of anilines is 1. The average molecular weight is 469 g/mol. The molecular weight excluding hydrogens is 453 g/mol. The maximum atomic E-state index is 5.60. The van der Waals surface area contributed by atoms with Crippen molar-refractivity contribution in [3.8, 4) is 11.2 Å². The van der Waals surface area contributed by atoms with E-state index in [-0.39, 0.29) is 6.04 Å². The first-order valence-corrected chi connectivity index (χ1v) is 11.6. The quantitative estimate of drug-likeness (QED) is 0.492. The van der Waals surface area contributed by atoms with Crippen LogP contribution in [0.1, 0.15) is 11.9 Å². The molecule has 0 aromatic carbocycles. The second-order valence-electron chi connectivity index (χ2n) is 6.66. The van der Waals surface area contributed by atoms with Crippen molar-refractivity contribution in [2.45, 2.75) is 6.04 Å². The molecule has 7 nitrogen and oxygen atoms in total. The SMILES string of the molecule is ISC#Cc1nc(N2CC3COCC3C2)c2cnn(C3COC3)c2n1. The Morgan fingerprint density at radius 2 is 1.88 bits per heavy atom. The van der Waals surface area contributed by atoms with E-state index in [1.165, 1.54) is 8.93 Å². The lowest BCUT2D eigenvalue weighted by molar-refractivity contribution is -0.0269. The molecule has 0 bridgehead atoms. The van der Waals surface area contributed by atoms with Gasteiger partial charge in [-0.15, -0.1) is 0 Å². The summed E-state index contributed by atoms with van der Waals surface area (Å²) in [5.41, 5.74) is 0.856. The van der Waals surface area contributed by atoms with Crippen molar-refractivity contribution in [2.75, 3.05) is 44.4 Å². The van der Waals surface area contributed by atoms with E-state index in [0.717, 1.165) is 43.2 Å². The largest absolute Gasteiger partial charge is 0.381 e. The summed E-state index contributed by atoms with van der Waals surface area (Å²) in [6.07, 6.45) is 1.89. The molecule has 2 atom stereocenters. The third-order valence-corrected chi connectivity index (χ3v) is 5.98. The summed E-state index contributed by atoms with van der Waals surface area (Å²) in [5, 5.41) is 8.56. The van der Waals surface area contributed by atoms with Crippen LogP contribution in [0, 0.1) is 23.0 Å². The van der Waals surface area contributed by atoms with E-state index in [1.54, 1.807) is 0 Å². The predicted octanol–water partition coefficient (Wildman–Crippen LogP) is 1.87. The van der Waals surface area contributed by atoms with Gasteiger partial charge in [0.1, 0.15) is 11.9 Å². The van der Waals surface area contributed by atoms with E-state index < -0.39 is 0 Å². The molecule has 2 unspecified atom stereocenters. The summed E-state index contributed by atoms with van der Waals surface area (Å²) < 4.78 is 12.9. The molecule has 3 fully saturated rings. The van der Waals surface area contributed by atoms with E-state index in [9.17, 15) is 0 Å². The summed E-state index contributed by atoms with van der Waals surface area (Å²) in [6, 6.07) is 0.256. The summed E-state index contributed by atoms with van der Waals surface area (Å²) >= 11 is 2.16. The van der Waals surface area contributed by atoms with Crippen LogP contribution >= 0.6 is 30.1 Å². The van der Waals surface area contributed by atoms with Gasteiger partial charge in [0.2, 0.25) is 5.82 Å². The molecule has 25 heavy (non-hydrogen) atoms. The van der Waals surface area contributed by atoms with Crippen LogP contribution in [-0.4, -0.2) is 59.3 Å². The molecule has 0 amide bonds. The lowest BCUT2D eigenvalue weighted by atomic mass is 10.0. The van der Waals surface area contributed by atoms with Gasteiger partial charge in [0.05, 0.1) is 38.0 Å². The number of aromatic nitrogens is 4. The Labute approximate surface area is 161 Å². The van der Waals surface area contributed by atoms with E-state index in [1.807, 2.05) is 10.9 Å². The van der Waals surface area contributed by atoms with Crippen LogP contribution in [0.5, 0.6) is 0 Å². The lowest BCUT2D eigenvalue weighted by Crippen LogP contribution is -2.31. The molecule has 0 aliphatic carbocycles. The number of hydrogen-bond acceptors (Lipinski definition) is 7. The number of ether oxygens (including phenoxy) is 2. The molecule has 9 heteroatoms. The Bertz CT molecular complexity index is 863. The third kappa shape index (κ3) is 2.79. The zero-order chi connectivity index (χ0) is 16.8. The number of fused-ring (bicyclic) bond motifs is 2. The van der Waals surface area contributed by atoms with Crippen molar-refractivity contribution in [1.29, 1.82) is 0 Å². The van der Waals surface area contributed by atoms with Gasteiger partial charge in [0.25, 0.3) is 0 Å². The molecule has 130 valence electrons. The number of rotatable bonds is 2. The minimum atomic E-state index is 0.256. The molecule has 5 rings (SSSR count). The summed E-state index contributed by atoms with van der Waals surface area (Å²) in [4.78, 5) is 11.8. The molecule has 2 aromatic heterocycles. The Balaban J connectivity index is 1.59. The van der Waals surface area contributed by atoms with Gasteiger partial charge in [-0.25, -0.2) is 14.6 Å². The summed E-state index contributed by atoms with van der Waals surface area (Å²) in [6.45, 7) is 5.03. The minimum Gasteiger partial charge on any atom is -0.381 e. The summed E-state index contributed by atoms with van der Waals surface area (Å²) in [5.74, 6) is 5.76. The fraction of sp³-hybridized carbons (Fsp3) is 0.562. The zero-order valence-corrected chi connectivity index (χ0v) is 16.4. The third-order valence-electron chi connectivity index (χ3n) is 5.14. The number of nitrogens with zero attached hydrogens (tertiary/aromatic N) is 5. The van der Waals surface area contributed by atoms with Crippen molar-refractivity contribution in [3.05, 3.63) is 12.0 Å². The molecule has 3 saturated heterocycles. The average Bonchev–Trinajstić information content (AvgIpc) is 3.25. The highest BCUT2D eigenvalue weighted by atomic mass is 127. The monoisotopic (exact) mass is 469 g/mol. The van der Waals surface area contributed by atoms with Gasteiger partial charge in [0.15, 0.2) is 5.65 Å². The van der Waals surface area contributed by atoms with Crippen LogP contribution in [-0.2, 0) is 9.47 Å². The molecule has 3 aliphatic heterocycles. The highest BCUT2D eigenvalue weighted by Crippen LogP contribution is 2.35. The maximum Gasteiger partial charge on any atom is 0.209 e. The molecule has 3 aliphatic rings. The molecule has 0 spiro atoms. The second kappa shape index (κ2) is 6.57. The van der Waals surface area contributed by atoms with Crippen molar-refractivity contribution in [2.24, 2.45) is 11.8 Å². The number of halogens is 1. The van der Waals surface area contributed by atoms with E-state index in [0.29, 0.717) is 30.9 Å². The molecule has 0 N–H and O–H groups in total. The van der Waals surface area contributed by atoms with Gasteiger partial charge >= 0.3 is 0 Å². The van der Waals surface area contributed by atoms with Crippen LogP contribution in [0.15, 0.2) is 6.20 Å². The fourth-order valence-corrected chi connectivity index (χ4v) is 4.22. The van der Waals surface area contributed by atoms with Crippen LogP contribution in [0.4, 0.5) is 5.82 Å². The minimum absolute atomic E-state index is 0.256. The Hall–Kier alpha value is -1.09. The van der Waals surface area contributed by atoms with Crippen LogP contribution in [0.2, 0.25) is 0 Å². The van der Waals surface area contributed by atoms with Gasteiger partial charge in [-0.05, 0) is 20.1 Å². The van der Waals surface area contributed by atoms with Crippen molar-refractivity contribution in [3.63, 3.8) is 0 Å². The van der Waals surface area contributed by atoms with Crippen LogP contribution < -0.4 is 4.90 Å². The van der Waals surface area contributed by atoms with Crippen molar-refractivity contribution in [1.82, 2.24) is 19.7 Å². The Morgan fingerprint density at radius 3 is 2.56 bits per heavy atom. The van der Waals surface area contributed by atoms with E-state index in [2.05, 4.69) is 47.4 Å². The first-order valence-electron chi connectivity index (χ1n) is 8.28. The smallest absolute Gasteiger partial charge is 0.209 e. The lowest BCUT2D eigenvalue weighted by Gasteiger charge is -2.26. The maximum absolute atomic E-state index is 5.60. The first kappa shape index (κ1) is 16.1. The van der Waals surface area contributed by atoms with Gasteiger partial charge in [0, 0.05) is 46.1 Å². The summed E-state index contributed by atoms with van der Waals surface area (Å²) in [7, 11) is 1.44. The van der Waals surface area contributed by atoms with E-state index in [4.69, 9.17) is 14.5 Å². The molecule has 0 radical (unpaired) electrons. The van der Waals surface area contributed by atoms with Crippen LogP contribution in [0.3, 0.4) is 0 Å². The standard InChI is InChI=1S/C16H16IN5O2S/c17-25-2-1-14-19-15(21-4-10-6-23-7-11(10)5-21)13-3-18-22(16(13)20-14)12-8-24-9-12/h3,10-12H,4-9H2. The molecule has 0 saturated carbocycles. The van der Waals surface area contributed by atoms with E-state index >= 15 is 0 Å². The normalized spacial score (nSPS) is 25.7. The van der Waals surface area contributed by atoms with Gasteiger partial charge < -0.3 is 14.4 Å². The Kier molecular flexibility index (Phi) is 4.23. The molecule has 5 heterocycles. The number of hydrogen-bond donors (Lipinski definition) is 0. The highest BCUT2D eigenvalue weighted by Gasteiger charge is 2.38. The topological polar surface area (TPSA) is 65.3 Å². The van der Waals surface area contributed by atoms with Gasteiger partial charge in [-0.3, -0.25) is 0 Å². The second-order valence-corrected chi connectivity index (χ2v) is 8.33. The fourth-order valence-electron chi connectivity index (χ4n) is 3.76. The zero-order valence-electron chi connectivity index (χ0n) is 13.4. The Morgan fingerprint density at radius 1 is 1.12 bits per heavy atom. The first-order chi connectivity index (χ1) is 12.3. The molecule has 2 aromatic rings. The highest BCUT2D eigenvalue weighted by molar-refractivity contribution is 14.2. The van der Waals surface area contributed by atoms with Gasteiger partial charge in [-0.2, -0.15) is 5.10 Å². The van der Waals surface area contributed by atoms with Crippen molar-refractivity contribution < 1.29 is 9.47 Å². The van der Waals surface area contributed by atoms with Gasteiger partial charge in [-0.1, -0.05) is 0 Å². The predicted molar refractivity (Wildman–Crippen MR) is 104 cm³/mol.